The van der Waals surface area contributed by atoms with Crippen LogP contribution >= 0.6 is 0 Å². The Kier molecular flexibility index (Phi) is 2.58. The number of benzene rings is 1. The molecule has 0 bridgehead atoms. The van der Waals surface area contributed by atoms with Crippen LogP contribution in [-0.2, 0) is 4.79 Å². The van der Waals surface area contributed by atoms with E-state index in [1.807, 2.05) is 6.20 Å². The Morgan fingerprint density at radius 2 is 2.27 bits per heavy atom. The Morgan fingerprint density at radius 1 is 1.47 bits per heavy atom. The molecule has 1 aromatic carbocycles. The molecule has 0 fully saturated rings. The number of H-pyrrole nitrogens is 1. The number of aromatic nitrogens is 1. The van der Waals surface area contributed by atoms with Crippen molar-refractivity contribution >= 4 is 17.2 Å². The Hall–Kier alpha value is -1.57. The maximum absolute atomic E-state index is 10.5. The van der Waals surface area contributed by atoms with Gasteiger partial charge in [-0.3, -0.25) is 0 Å². The van der Waals surface area contributed by atoms with Crippen molar-refractivity contribution in [1.29, 1.82) is 0 Å². The third kappa shape index (κ3) is 1.80. The number of carbonyl (C=O) groups is 1. The van der Waals surface area contributed by atoms with E-state index in [4.69, 9.17) is 0 Å². The standard InChI is InChI=1S/C13H15NO/c1-9(5-6-15)11-3-4-13-12(7-11)10(2)8-14-13/h3-4,6-9,14H,5H2,1-2H3. The van der Waals surface area contributed by atoms with Crippen molar-refractivity contribution < 1.29 is 4.79 Å². The number of hydrogen-bond donors (Lipinski definition) is 1. The monoisotopic (exact) mass is 201 g/mol. The molecule has 0 amide bonds. The molecule has 1 aromatic heterocycles. The predicted molar refractivity (Wildman–Crippen MR) is 62.1 cm³/mol. The van der Waals surface area contributed by atoms with Gasteiger partial charge in [0, 0.05) is 23.5 Å². The fraction of sp³-hybridized carbons (Fsp3) is 0.308. The SMILES string of the molecule is Cc1c[nH]c2ccc(C(C)CC=O)cc12. The largest absolute Gasteiger partial charge is 0.361 e. The molecule has 0 aliphatic rings. The lowest BCUT2D eigenvalue weighted by Gasteiger charge is -2.08. The molecule has 0 spiro atoms. The number of aldehydes is 1. The number of aromatic amines is 1. The summed E-state index contributed by atoms with van der Waals surface area (Å²) in [4.78, 5) is 13.7. The van der Waals surface area contributed by atoms with Crippen LogP contribution in [0.2, 0.25) is 0 Å². The van der Waals surface area contributed by atoms with Crippen LogP contribution in [0, 0.1) is 6.92 Å². The molecular formula is C13H15NO. The van der Waals surface area contributed by atoms with E-state index in [1.165, 1.54) is 16.5 Å². The normalized spacial score (nSPS) is 12.9. The van der Waals surface area contributed by atoms with Gasteiger partial charge in [-0.2, -0.15) is 0 Å². The molecule has 2 heteroatoms. The van der Waals surface area contributed by atoms with Gasteiger partial charge in [-0.1, -0.05) is 13.0 Å². The van der Waals surface area contributed by atoms with Crippen molar-refractivity contribution in [1.82, 2.24) is 4.98 Å². The summed E-state index contributed by atoms with van der Waals surface area (Å²) < 4.78 is 0. The molecule has 0 aliphatic heterocycles. The molecule has 1 atom stereocenters. The first-order valence-corrected chi connectivity index (χ1v) is 5.23. The van der Waals surface area contributed by atoms with Gasteiger partial charge in [0.2, 0.25) is 0 Å². The van der Waals surface area contributed by atoms with Crippen molar-refractivity contribution in [2.45, 2.75) is 26.2 Å². The second kappa shape index (κ2) is 3.89. The Labute approximate surface area is 89.3 Å². The number of carbonyl (C=O) groups excluding carboxylic acids is 1. The zero-order chi connectivity index (χ0) is 10.8. The topological polar surface area (TPSA) is 32.9 Å². The first-order valence-electron chi connectivity index (χ1n) is 5.23. The van der Waals surface area contributed by atoms with Crippen LogP contribution in [0.5, 0.6) is 0 Å². The summed E-state index contributed by atoms with van der Waals surface area (Å²) in [5, 5.41) is 1.25. The quantitative estimate of drug-likeness (QED) is 0.760. The fourth-order valence-electron chi connectivity index (χ4n) is 1.86. The van der Waals surface area contributed by atoms with E-state index in [1.54, 1.807) is 0 Å². The third-order valence-electron chi connectivity index (χ3n) is 2.93. The Bertz CT molecular complexity index is 484. The molecular weight excluding hydrogens is 186 g/mol. The van der Waals surface area contributed by atoms with Crippen LogP contribution in [-0.4, -0.2) is 11.3 Å². The molecule has 0 saturated carbocycles. The highest BCUT2D eigenvalue weighted by Crippen LogP contribution is 2.24. The van der Waals surface area contributed by atoms with E-state index in [-0.39, 0.29) is 0 Å². The maximum Gasteiger partial charge on any atom is 0.120 e. The summed E-state index contributed by atoms with van der Waals surface area (Å²) in [7, 11) is 0. The highest BCUT2D eigenvalue weighted by atomic mass is 16.1. The first kappa shape index (κ1) is 9.97. The number of hydrogen-bond acceptors (Lipinski definition) is 1. The van der Waals surface area contributed by atoms with Crippen molar-refractivity contribution in [3.05, 3.63) is 35.5 Å². The molecule has 1 N–H and O–H groups in total. The number of rotatable bonds is 3. The Balaban J connectivity index is 2.45. The molecule has 1 heterocycles. The van der Waals surface area contributed by atoms with Crippen LogP contribution in [0.25, 0.3) is 10.9 Å². The third-order valence-corrected chi connectivity index (χ3v) is 2.93. The zero-order valence-electron chi connectivity index (χ0n) is 9.08. The lowest BCUT2D eigenvalue weighted by molar-refractivity contribution is -0.108. The molecule has 1 unspecified atom stereocenters. The van der Waals surface area contributed by atoms with Gasteiger partial charge < -0.3 is 9.78 Å². The zero-order valence-corrected chi connectivity index (χ0v) is 9.08. The van der Waals surface area contributed by atoms with Gasteiger partial charge in [0.1, 0.15) is 6.29 Å². The first-order chi connectivity index (χ1) is 7.22. The molecule has 2 aromatic rings. The van der Waals surface area contributed by atoms with Crippen LogP contribution in [0.15, 0.2) is 24.4 Å². The summed E-state index contributed by atoms with van der Waals surface area (Å²) in [6.07, 6.45) is 3.59. The van der Waals surface area contributed by atoms with Crippen molar-refractivity contribution in [3.8, 4) is 0 Å². The second-order valence-corrected chi connectivity index (χ2v) is 4.08. The number of fused-ring (bicyclic) bond motifs is 1. The molecule has 78 valence electrons. The highest BCUT2D eigenvalue weighted by Gasteiger charge is 2.07. The number of aryl methyl sites for hydroxylation is 1. The van der Waals surface area contributed by atoms with Gasteiger partial charge in [-0.15, -0.1) is 0 Å². The van der Waals surface area contributed by atoms with E-state index in [2.05, 4.69) is 37.0 Å². The fourth-order valence-corrected chi connectivity index (χ4v) is 1.86. The van der Waals surface area contributed by atoms with Gasteiger partial charge in [0.05, 0.1) is 0 Å². The minimum Gasteiger partial charge on any atom is -0.361 e. The van der Waals surface area contributed by atoms with Gasteiger partial charge >= 0.3 is 0 Å². The smallest absolute Gasteiger partial charge is 0.120 e. The van der Waals surface area contributed by atoms with E-state index in [0.29, 0.717) is 12.3 Å². The van der Waals surface area contributed by atoms with Crippen LogP contribution < -0.4 is 0 Å². The summed E-state index contributed by atoms with van der Waals surface area (Å²) in [6, 6.07) is 6.35. The van der Waals surface area contributed by atoms with Gasteiger partial charge in [0.15, 0.2) is 0 Å². The van der Waals surface area contributed by atoms with Crippen LogP contribution in [0.4, 0.5) is 0 Å². The summed E-state index contributed by atoms with van der Waals surface area (Å²) >= 11 is 0. The predicted octanol–water partition coefficient (Wildman–Crippen LogP) is 3.17. The summed E-state index contributed by atoms with van der Waals surface area (Å²) in [5.74, 6) is 0.307. The minimum atomic E-state index is 0.307. The van der Waals surface area contributed by atoms with Gasteiger partial charge in [-0.25, -0.2) is 0 Å². The highest BCUT2D eigenvalue weighted by molar-refractivity contribution is 5.83. The Morgan fingerprint density at radius 3 is 3.00 bits per heavy atom. The molecule has 2 rings (SSSR count). The lowest BCUT2D eigenvalue weighted by atomic mass is 9.97. The minimum absolute atomic E-state index is 0.307. The van der Waals surface area contributed by atoms with Crippen LogP contribution in [0.3, 0.4) is 0 Å². The molecule has 0 saturated heterocycles. The van der Waals surface area contributed by atoms with Crippen molar-refractivity contribution in [2.75, 3.05) is 0 Å². The van der Waals surface area contributed by atoms with E-state index >= 15 is 0 Å². The lowest BCUT2D eigenvalue weighted by Crippen LogP contribution is -1.93. The summed E-state index contributed by atoms with van der Waals surface area (Å²) in [5.41, 5.74) is 3.65. The van der Waals surface area contributed by atoms with Crippen molar-refractivity contribution in [2.24, 2.45) is 0 Å². The van der Waals surface area contributed by atoms with E-state index in [0.717, 1.165) is 11.8 Å². The van der Waals surface area contributed by atoms with E-state index in [9.17, 15) is 4.79 Å². The average molecular weight is 201 g/mol. The molecule has 0 radical (unpaired) electrons. The molecule has 0 aliphatic carbocycles. The van der Waals surface area contributed by atoms with Crippen molar-refractivity contribution in [3.63, 3.8) is 0 Å². The van der Waals surface area contributed by atoms with Gasteiger partial charge in [-0.05, 0) is 36.1 Å². The average Bonchev–Trinajstić information content (AvgIpc) is 2.60. The summed E-state index contributed by atoms with van der Waals surface area (Å²) in [6.45, 7) is 4.17. The molecule has 15 heavy (non-hydrogen) atoms. The number of nitrogens with one attached hydrogen (secondary N) is 1. The second-order valence-electron chi connectivity index (χ2n) is 4.08. The van der Waals surface area contributed by atoms with Crippen LogP contribution in [0.1, 0.15) is 30.4 Å². The maximum atomic E-state index is 10.5. The molecule has 2 nitrogen and oxygen atoms in total. The van der Waals surface area contributed by atoms with E-state index < -0.39 is 0 Å². The van der Waals surface area contributed by atoms with Gasteiger partial charge in [0.25, 0.3) is 0 Å².